The predicted octanol–water partition coefficient (Wildman–Crippen LogP) is 6.68. The van der Waals surface area contributed by atoms with E-state index in [2.05, 4.69) is 10.1 Å². The Labute approximate surface area is 196 Å². The number of nitrogens with one attached hydrogen (secondary N) is 1. The van der Waals surface area contributed by atoms with Gasteiger partial charge in [-0.3, -0.25) is 4.79 Å². The predicted molar refractivity (Wildman–Crippen MR) is 113 cm³/mol. The van der Waals surface area contributed by atoms with Crippen LogP contribution in [0.2, 0.25) is 0 Å². The lowest BCUT2D eigenvalue weighted by atomic mass is 9.85. The van der Waals surface area contributed by atoms with Crippen molar-refractivity contribution in [1.29, 1.82) is 0 Å². The summed E-state index contributed by atoms with van der Waals surface area (Å²) in [5.41, 5.74) is 1.29. The molecule has 12 heteroatoms. The Kier molecular flexibility index (Phi) is 9.00. The maximum atomic E-state index is 13.4. The maximum Gasteiger partial charge on any atom is 0.573 e. The number of rotatable bonds is 7. The molecule has 0 radical (unpaired) electrons. The molecule has 1 aliphatic rings. The minimum absolute atomic E-state index is 0.0639. The molecule has 1 saturated carbocycles. The number of amides is 1. The van der Waals surface area contributed by atoms with Crippen molar-refractivity contribution < 1.29 is 50.9 Å². The quantitative estimate of drug-likeness (QED) is 0.364. The Balaban J connectivity index is 0.00000100. The summed E-state index contributed by atoms with van der Waals surface area (Å²) in [7, 11) is 0. The average molecular weight is 507 g/mol. The van der Waals surface area contributed by atoms with Gasteiger partial charge in [0.2, 0.25) is 5.91 Å². The number of benzene rings is 2. The molecule has 1 aliphatic carbocycles. The van der Waals surface area contributed by atoms with Gasteiger partial charge in [-0.1, -0.05) is 31.2 Å². The third-order valence-electron chi connectivity index (χ3n) is 5.19. The number of alkyl halides is 6. The summed E-state index contributed by atoms with van der Waals surface area (Å²) >= 11 is 0. The first-order valence-corrected chi connectivity index (χ1v) is 10.4. The normalized spacial score (nSPS) is 15.3. The standard InChI is InChI=1S/C22H21F6NO2.CH2O3/c1-13(21(23,24)25)19(16-7-9-18(10-8-16)31-22(26,27)28)20(30)29-17-4-2-3-15(12-17)11-14-5-6-14;2-1(3)4/h2-4,7-10,12-14,19H,5-6,11H2,1H3,(H,29,30);(H2,2,3,4). The second-order valence-electron chi connectivity index (χ2n) is 8.04. The zero-order chi connectivity index (χ0) is 26.4. The van der Waals surface area contributed by atoms with Crippen molar-refractivity contribution in [2.45, 2.75) is 44.6 Å². The van der Waals surface area contributed by atoms with Gasteiger partial charge in [0.05, 0.1) is 11.8 Å². The molecule has 0 spiro atoms. The summed E-state index contributed by atoms with van der Waals surface area (Å²) in [6.45, 7) is 0.869. The smallest absolute Gasteiger partial charge is 0.450 e. The molecule has 1 fully saturated rings. The molecule has 0 bridgehead atoms. The summed E-state index contributed by atoms with van der Waals surface area (Å²) in [5.74, 6) is -4.58. The molecule has 0 aromatic heterocycles. The van der Waals surface area contributed by atoms with E-state index in [1.807, 2.05) is 6.07 Å². The monoisotopic (exact) mass is 507 g/mol. The minimum Gasteiger partial charge on any atom is -0.450 e. The number of anilines is 1. The fourth-order valence-corrected chi connectivity index (χ4v) is 3.38. The van der Waals surface area contributed by atoms with E-state index in [4.69, 9.17) is 15.0 Å². The molecule has 0 aliphatic heterocycles. The summed E-state index contributed by atoms with van der Waals surface area (Å²) in [4.78, 5) is 21.4. The molecule has 6 nitrogen and oxygen atoms in total. The zero-order valence-corrected chi connectivity index (χ0v) is 18.4. The molecule has 3 N–H and O–H groups in total. The second-order valence-corrected chi connectivity index (χ2v) is 8.04. The Hall–Kier alpha value is -3.44. The van der Waals surface area contributed by atoms with E-state index in [1.165, 1.54) is 0 Å². The number of hydrogen-bond donors (Lipinski definition) is 3. The second kappa shape index (κ2) is 11.3. The van der Waals surface area contributed by atoms with E-state index in [0.29, 0.717) is 11.6 Å². The van der Waals surface area contributed by atoms with Crippen LogP contribution in [0.3, 0.4) is 0 Å². The Bertz CT molecular complexity index is 999. The maximum absolute atomic E-state index is 13.4. The van der Waals surface area contributed by atoms with Gasteiger partial charge in [0, 0.05) is 5.69 Å². The molecule has 0 saturated heterocycles. The van der Waals surface area contributed by atoms with Gasteiger partial charge in [-0.25, -0.2) is 4.79 Å². The summed E-state index contributed by atoms with van der Waals surface area (Å²) in [6, 6.07) is 10.8. The van der Waals surface area contributed by atoms with Crippen molar-refractivity contribution >= 4 is 17.7 Å². The highest BCUT2D eigenvalue weighted by atomic mass is 19.4. The van der Waals surface area contributed by atoms with E-state index >= 15 is 0 Å². The molecule has 2 atom stereocenters. The molecule has 192 valence electrons. The highest BCUT2D eigenvalue weighted by molar-refractivity contribution is 5.96. The molecule has 35 heavy (non-hydrogen) atoms. The molecule has 1 amide bonds. The number of carbonyl (C=O) groups is 2. The van der Waals surface area contributed by atoms with Crippen LogP contribution >= 0.6 is 0 Å². The van der Waals surface area contributed by atoms with Crippen molar-refractivity contribution in [2.75, 3.05) is 5.32 Å². The van der Waals surface area contributed by atoms with E-state index in [0.717, 1.165) is 56.0 Å². The van der Waals surface area contributed by atoms with Gasteiger partial charge in [-0.2, -0.15) is 13.2 Å². The first-order valence-electron chi connectivity index (χ1n) is 10.4. The van der Waals surface area contributed by atoms with Crippen LogP contribution in [0.5, 0.6) is 5.75 Å². The Morgan fingerprint density at radius 3 is 2.09 bits per heavy atom. The molecule has 2 aromatic rings. The fraction of sp³-hybridized carbons (Fsp3) is 0.391. The number of carboxylic acid groups (broad SMARTS) is 2. The Morgan fingerprint density at radius 1 is 1.03 bits per heavy atom. The van der Waals surface area contributed by atoms with Gasteiger partial charge < -0.3 is 20.3 Å². The van der Waals surface area contributed by atoms with Crippen molar-refractivity contribution in [3.63, 3.8) is 0 Å². The van der Waals surface area contributed by atoms with Crippen LogP contribution in [0.1, 0.15) is 36.8 Å². The van der Waals surface area contributed by atoms with Crippen molar-refractivity contribution in [3.05, 3.63) is 59.7 Å². The molecule has 3 rings (SSSR count). The average Bonchev–Trinajstić information content (AvgIpc) is 3.51. The molecular weight excluding hydrogens is 484 g/mol. The number of ether oxygens (including phenoxy) is 1. The molecule has 0 heterocycles. The molecule has 2 unspecified atom stereocenters. The van der Waals surface area contributed by atoms with Crippen molar-refractivity contribution in [3.8, 4) is 5.75 Å². The van der Waals surface area contributed by atoms with Crippen LogP contribution in [0.4, 0.5) is 36.8 Å². The summed E-state index contributed by atoms with van der Waals surface area (Å²) in [5, 5.41) is 16.5. The van der Waals surface area contributed by atoms with E-state index < -0.39 is 42.2 Å². The van der Waals surface area contributed by atoms with Crippen LogP contribution in [0.25, 0.3) is 0 Å². The Morgan fingerprint density at radius 2 is 1.60 bits per heavy atom. The lowest BCUT2D eigenvalue weighted by Crippen LogP contribution is -2.34. The van der Waals surface area contributed by atoms with E-state index in [-0.39, 0.29) is 5.56 Å². The third-order valence-corrected chi connectivity index (χ3v) is 5.19. The van der Waals surface area contributed by atoms with Gasteiger partial charge in [0.25, 0.3) is 0 Å². The lowest BCUT2D eigenvalue weighted by molar-refractivity contribution is -0.274. The van der Waals surface area contributed by atoms with Gasteiger partial charge in [0.1, 0.15) is 5.75 Å². The summed E-state index contributed by atoms with van der Waals surface area (Å²) in [6.07, 6.45) is -8.33. The van der Waals surface area contributed by atoms with Gasteiger partial charge >= 0.3 is 18.7 Å². The molecular formula is C23H23F6NO5. The molecule has 2 aromatic carbocycles. The van der Waals surface area contributed by atoms with Gasteiger partial charge in [0.15, 0.2) is 0 Å². The minimum atomic E-state index is -4.93. The topological polar surface area (TPSA) is 95.9 Å². The fourth-order valence-electron chi connectivity index (χ4n) is 3.38. The van der Waals surface area contributed by atoms with Gasteiger partial charge in [-0.05, 0) is 60.6 Å². The third kappa shape index (κ3) is 9.75. The number of carbonyl (C=O) groups excluding carboxylic acids is 1. The van der Waals surface area contributed by atoms with Crippen LogP contribution in [-0.4, -0.2) is 34.8 Å². The largest absolute Gasteiger partial charge is 0.573 e. The van der Waals surface area contributed by atoms with Crippen molar-refractivity contribution in [1.82, 2.24) is 0 Å². The van der Waals surface area contributed by atoms with E-state index in [9.17, 15) is 31.1 Å². The summed E-state index contributed by atoms with van der Waals surface area (Å²) < 4.78 is 81.1. The number of halogens is 6. The highest BCUT2D eigenvalue weighted by Crippen LogP contribution is 2.39. The van der Waals surface area contributed by atoms with Gasteiger partial charge in [-0.15, -0.1) is 13.2 Å². The SMILES string of the molecule is CC(C(C(=O)Nc1cccc(CC2CC2)c1)c1ccc(OC(F)(F)F)cc1)C(F)(F)F.O=C(O)O. The van der Waals surface area contributed by atoms with E-state index in [1.54, 1.807) is 18.2 Å². The lowest BCUT2D eigenvalue weighted by Gasteiger charge is -2.26. The first-order chi connectivity index (χ1) is 16.2. The van der Waals surface area contributed by atoms with Crippen LogP contribution < -0.4 is 10.1 Å². The number of hydrogen-bond acceptors (Lipinski definition) is 3. The zero-order valence-electron chi connectivity index (χ0n) is 18.4. The first kappa shape index (κ1) is 27.8. The highest BCUT2D eigenvalue weighted by Gasteiger charge is 2.45. The van der Waals surface area contributed by atoms with Crippen LogP contribution in [0, 0.1) is 11.8 Å². The van der Waals surface area contributed by atoms with Crippen LogP contribution in [0.15, 0.2) is 48.5 Å². The van der Waals surface area contributed by atoms with Crippen LogP contribution in [-0.2, 0) is 11.2 Å². The van der Waals surface area contributed by atoms with Crippen molar-refractivity contribution in [2.24, 2.45) is 11.8 Å².